The van der Waals surface area contributed by atoms with Crippen molar-refractivity contribution in [3.8, 4) is 0 Å². The molecular formula is C19H15FN4O3. The summed E-state index contributed by atoms with van der Waals surface area (Å²) in [6.07, 6.45) is 3.35. The second-order valence-corrected chi connectivity index (χ2v) is 6.46. The molecule has 0 fully saturated rings. The molecule has 7 nitrogen and oxygen atoms in total. The first-order valence-corrected chi connectivity index (χ1v) is 8.55. The Balaban J connectivity index is 1.68. The summed E-state index contributed by atoms with van der Waals surface area (Å²) in [5.74, 6) is -0.660. The van der Waals surface area contributed by atoms with Gasteiger partial charge in [-0.1, -0.05) is 12.1 Å². The van der Waals surface area contributed by atoms with Gasteiger partial charge in [0.05, 0.1) is 23.1 Å². The molecule has 0 spiro atoms. The number of carbonyl (C=O) groups is 1. The van der Waals surface area contributed by atoms with Gasteiger partial charge in [0.1, 0.15) is 11.6 Å². The van der Waals surface area contributed by atoms with Crippen molar-refractivity contribution in [2.45, 2.75) is 19.4 Å². The molecule has 0 saturated carbocycles. The zero-order chi connectivity index (χ0) is 18.5. The summed E-state index contributed by atoms with van der Waals surface area (Å²) in [4.78, 5) is 26.0. The molecule has 1 aliphatic rings. The monoisotopic (exact) mass is 366 g/mol. The SMILES string of the molecule is Cc1ncoc1C(=O)N1CCc2[nH]cnc2[C@@H]1c1oc2ccccc2c1F. The van der Waals surface area contributed by atoms with E-state index in [2.05, 4.69) is 15.0 Å². The Morgan fingerprint density at radius 3 is 2.96 bits per heavy atom. The number of rotatable bonds is 2. The first-order chi connectivity index (χ1) is 13.1. The van der Waals surface area contributed by atoms with Gasteiger partial charge < -0.3 is 18.7 Å². The van der Waals surface area contributed by atoms with Crippen LogP contribution in [-0.2, 0) is 6.42 Å². The van der Waals surface area contributed by atoms with Crippen molar-refractivity contribution < 1.29 is 18.0 Å². The maximum absolute atomic E-state index is 15.2. The number of hydrogen-bond donors (Lipinski definition) is 1. The predicted molar refractivity (Wildman–Crippen MR) is 92.6 cm³/mol. The van der Waals surface area contributed by atoms with Crippen LogP contribution in [0.2, 0.25) is 0 Å². The van der Waals surface area contributed by atoms with E-state index < -0.39 is 11.9 Å². The minimum Gasteiger partial charge on any atom is -0.455 e. The van der Waals surface area contributed by atoms with Crippen LogP contribution in [0.4, 0.5) is 4.39 Å². The molecule has 4 aromatic rings. The smallest absolute Gasteiger partial charge is 0.292 e. The summed E-state index contributed by atoms with van der Waals surface area (Å²) in [5.41, 5.74) is 2.34. The van der Waals surface area contributed by atoms with Crippen molar-refractivity contribution in [3.05, 3.63) is 71.4 Å². The second kappa shape index (κ2) is 5.80. The van der Waals surface area contributed by atoms with Gasteiger partial charge in [0.2, 0.25) is 5.76 Å². The Labute approximate surface area is 152 Å². The average Bonchev–Trinajstić information content (AvgIpc) is 3.39. The lowest BCUT2D eigenvalue weighted by atomic mass is 9.99. The number of nitrogens with one attached hydrogen (secondary N) is 1. The van der Waals surface area contributed by atoms with Crippen molar-refractivity contribution in [1.29, 1.82) is 0 Å². The number of oxazole rings is 1. The summed E-state index contributed by atoms with van der Waals surface area (Å²) in [6.45, 7) is 2.06. The highest BCUT2D eigenvalue weighted by Crippen LogP contribution is 2.39. The molecule has 0 saturated heterocycles. The van der Waals surface area contributed by atoms with Gasteiger partial charge in [0.15, 0.2) is 18.0 Å². The molecule has 0 unspecified atom stereocenters. The van der Waals surface area contributed by atoms with E-state index in [0.717, 1.165) is 5.69 Å². The highest BCUT2D eigenvalue weighted by atomic mass is 19.1. The van der Waals surface area contributed by atoms with Gasteiger partial charge in [-0.25, -0.2) is 14.4 Å². The lowest BCUT2D eigenvalue weighted by Crippen LogP contribution is -2.41. The van der Waals surface area contributed by atoms with Crippen molar-refractivity contribution >= 4 is 16.9 Å². The number of halogens is 1. The Morgan fingerprint density at radius 2 is 2.19 bits per heavy atom. The number of para-hydroxylation sites is 1. The molecule has 136 valence electrons. The minimum absolute atomic E-state index is 0.0646. The quantitative estimate of drug-likeness (QED) is 0.588. The third-order valence-corrected chi connectivity index (χ3v) is 4.93. The molecule has 1 aliphatic heterocycles. The molecule has 1 amide bonds. The fourth-order valence-electron chi connectivity index (χ4n) is 3.61. The molecule has 27 heavy (non-hydrogen) atoms. The summed E-state index contributed by atoms with van der Waals surface area (Å²) in [5, 5.41) is 0.374. The number of H-pyrrole nitrogens is 1. The van der Waals surface area contributed by atoms with Crippen LogP contribution in [0.1, 0.15) is 39.4 Å². The van der Waals surface area contributed by atoms with Crippen molar-refractivity contribution in [3.63, 3.8) is 0 Å². The second-order valence-electron chi connectivity index (χ2n) is 6.46. The summed E-state index contributed by atoms with van der Waals surface area (Å²) < 4.78 is 26.3. The molecule has 1 atom stereocenters. The fraction of sp³-hybridized carbons (Fsp3) is 0.211. The van der Waals surface area contributed by atoms with E-state index in [9.17, 15) is 4.79 Å². The van der Waals surface area contributed by atoms with Crippen LogP contribution in [0.25, 0.3) is 11.0 Å². The zero-order valence-corrected chi connectivity index (χ0v) is 14.4. The van der Waals surface area contributed by atoms with Gasteiger partial charge in [-0.15, -0.1) is 0 Å². The van der Waals surface area contributed by atoms with E-state index in [1.165, 1.54) is 11.3 Å². The number of fused-ring (bicyclic) bond motifs is 2. The number of aryl methyl sites for hydroxylation is 1. The standard InChI is InChI=1S/C19H15FN4O3/c1-10-17(26-9-23-10)19(25)24-7-6-12-15(22-8-21-12)16(24)18-14(20)11-4-2-3-5-13(11)27-18/h2-5,8-9,16H,6-7H2,1H3,(H,21,22)/t16-/m1/s1. The molecule has 0 radical (unpaired) electrons. The molecule has 0 bridgehead atoms. The largest absolute Gasteiger partial charge is 0.455 e. The molecule has 0 aliphatic carbocycles. The molecule has 1 N–H and O–H groups in total. The molecule has 5 rings (SSSR count). The van der Waals surface area contributed by atoms with Gasteiger partial charge in [-0.05, 0) is 19.1 Å². The molecule has 8 heteroatoms. The third-order valence-electron chi connectivity index (χ3n) is 4.93. The van der Waals surface area contributed by atoms with E-state index in [-0.39, 0.29) is 17.4 Å². The van der Waals surface area contributed by atoms with Crippen LogP contribution in [0.5, 0.6) is 0 Å². The van der Waals surface area contributed by atoms with E-state index in [1.54, 1.807) is 37.5 Å². The molecule has 4 heterocycles. The van der Waals surface area contributed by atoms with E-state index >= 15 is 4.39 Å². The van der Waals surface area contributed by atoms with Crippen LogP contribution in [0.3, 0.4) is 0 Å². The van der Waals surface area contributed by atoms with Crippen LogP contribution < -0.4 is 0 Å². The fourth-order valence-corrected chi connectivity index (χ4v) is 3.61. The average molecular weight is 366 g/mol. The number of aromatic nitrogens is 3. The normalized spacial score (nSPS) is 16.7. The van der Waals surface area contributed by atoms with Crippen LogP contribution in [0.15, 0.2) is 45.8 Å². The van der Waals surface area contributed by atoms with E-state index in [1.807, 2.05) is 0 Å². The van der Waals surface area contributed by atoms with Gasteiger partial charge in [0.25, 0.3) is 5.91 Å². The van der Waals surface area contributed by atoms with Crippen LogP contribution >= 0.6 is 0 Å². The zero-order valence-electron chi connectivity index (χ0n) is 14.4. The summed E-state index contributed by atoms with van der Waals surface area (Å²) >= 11 is 0. The molecule has 3 aromatic heterocycles. The van der Waals surface area contributed by atoms with Crippen LogP contribution in [-0.4, -0.2) is 32.3 Å². The summed E-state index contributed by atoms with van der Waals surface area (Å²) in [7, 11) is 0. The number of carbonyl (C=O) groups excluding carboxylic acids is 1. The maximum Gasteiger partial charge on any atom is 0.292 e. The number of aromatic amines is 1. The Morgan fingerprint density at radius 1 is 1.33 bits per heavy atom. The van der Waals surface area contributed by atoms with E-state index in [4.69, 9.17) is 8.83 Å². The summed E-state index contributed by atoms with van der Waals surface area (Å²) in [6, 6.07) is 6.08. The number of nitrogens with zero attached hydrogens (tertiary/aromatic N) is 3. The third kappa shape index (κ3) is 2.29. The number of amides is 1. The predicted octanol–water partition coefficient (Wildman–Crippen LogP) is 3.38. The highest BCUT2D eigenvalue weighted by Gasteiger charge is 2.40. The number of hydrogen-bond acceptors (Lipinski definition) is 5. The van der Waals surface area contributed by atoms with Gasteiger partial charge in [-0.2, -0.15) is 0 Å². The maximum atomic E-state index is 15.2. The Bertz CT molecular complexity index is 1160. The lowest BCUT2D eigenvalue weighted by Gasteiger charge is -2.33. The van der Waals surface area contributed by atoms with Gasteiger partial charge >= 0.3 is 0 Å². The van der Waals surface area contributed by atoms with Gasteiger partial charge in [0, 0.05) is 18.7 Å². The lowest BCUT2D eigenvalue weighted by molar-refractivity contribution is 0.0635. The minimum atomic E-state index is -0.788. The highest BCUT2D eigenvalue weighted by molar-refractivity contribution is 5.93. The Kier molecular flexibility index (Phi) is 3.40. The van der Waals surface area contributed by atoms with Crippen molar-refractivity contribution in [1.82, 2.24) is 19.9 Å². The van der Waals surface area contributed by atoms with Crippen molar-refractivity contribution in [2.75, 3.05) is 6.54 Å². The molecule has 1 aromatic carbocycles. The first-order valence-electron chi connectivity index (χ1n) is 8.55. The number of furan rings is 1. The number of imidazole rings is 1. The Hall–Kier alpha value is -3.42. The van der Waals surface area contributed by atoms with Gasteiger partial charge in [-0.3, -0.25) is 4.79 Å². The van der Waals surface area contributed by atoms with Crippen LogP contribution in [0, 0.1) is 12.7 Å². The molecular weight excluding hydrogens is 351 g/mol. The topological polar surface area (TPSA) is 88.2 Å². The number of benzene rings is 1. The van der Waals surface area contributed by atoms with E-state index in [0.29, 0.717) is 35.3 Å². The first kappa shape index (κ1) is 15.8. The van der Waals surface area contributed by atoms with Crippen molar-refractivity contribution in [2.24, 2.45) is 0 Å².